The fourth-order valence-corrected chi connectivity index (χ4v) is 3.13. The molecule has 0 fully saturated rings. The quantitative estimate of drug-likeness (QED) is 0.849. The van der Waals surface area contributed by atoms with Gasteiger partial charge in [-0.25, -0.2) is 0 Å². The molecule has 4 heteroatoms. The second-order valence-corrected chi connectivity index (χ2v) is 5.49. The molecule has 0 aliphatic carbocycles. The number of nitrogens with zero attached hydrogens (tertiary/aromatic N) is 3. The minimum absolute atomic E-state index is 0.976. The first-order valence-electron chi connectivity index (χ1n) is 7.17. The molecule has 4 nitrogen and oxygen atoms in total. The lowest BCUT2D eigenvalue weighted by atomic mass is 10.1. The van der Waals surface area contributed by atoms with E-state index in [2.05, 4.69) is 38.3 Å². The number of hydrogen-bond donors (Lipinski definition) is 1. The molecule has 0 spiro atoms. The monoisotopic (exact) mass is 254 g/mol. The Hall–Kier alpha value is -1.68. The summed E-state index contributed by atoms with van der Waals surface area (Å²) in [6, 6.07) is 6.69. The van der Waals surface area contributed by atoms with Crippen LogP contribution in [0.25, 0.3) is 11.4 Å². The molecule has 2 aromatic rings. The van der Waals surface area contributed by atoms with Gasteiger partial charge in [-0.05, 0) is 30.0 Å². The van der Waals surface area contributed by atoms with Crippen molar-refractivity contribution >= 4 is 0 Å². The maximum atomic E-state index is 4.43. The van der Waals surface area contributed by atoms with Crippen LogP contribution in [-0.4, -0.2) is 14.8 Å². The average molecular weight is 254 g/mol. The second-order valence-electron chi connectivity index (χ2n) is 5.49. The van der Waals surface area contributed by atoms with Crippen LogP contribution in [0.1, 0.15) is 36.2 Å². The Labute approximate surface area is 112 Å². The summed E-state index contributed by atoms with van der Waals surface area (Å²) in [5.74, 6) is 2.21. The fraction of sp³-hybridized carbons (Fsp3) is 0.467. The highest BCUT2D eigenvalue weighted by Gasteiger charge is 2.17. The third-order valence-corrected chi connectivity index (χ3v) is 4.20. The Bertz CT molecular complexity index is 615. The van der Waals surface area contributed by atoms with Crippen molar-refractivity contribution in [3.63, 3.8) is 0 Å². The van der Waals surface area contributed by atoms with Crippen LogP contribution in [0.2, 0.25) is 0 Å². The van der Waals surface area contributed by atoms with Crippen LogP contribution in [0.4, 0.5) is 0 Å². The van der Waals surface area contributed by atoms with Gasteiger partial charge in [0, 0.05) is 31.6 Å². The van der Waals surface area contributed by atoms with Crippen molar-refractivity contribution in [3.05, 3.63) is 35.2 Å². The summed E-state index contributed by atoms with van der Waals surface area (Å²) in [5, 5.41) is 12.2. The van der Waals surface area contributed by atoms with E-state index in [0.717, 1.165) is 37.7 Å². The van der Waals surface area contributed by atoms with E-state index in [1.54, 1.807) is 0 Å². The van der Waals surface area contributed by atoms with Gasteiger partial charge in [-0.2, -0.15) is 0 Å². The van der Waals surface area contributed by atoms with Crippen LogP contribution in [0.15, 0.2) is 18.2 Å². The number of fused-ring (bicyclic) bond motifs is 2. The molecule has 1 aromatic carbocycles. The summed E-state index contributed by atoms with van der Waals surface area (Å²) in [5.41, 5.74) is 4.03. The van der Waals surface area contributed by atoms with E-state index in [1.165, 1.54) is 36.0 Å². The first-order valence-corrected chi connectivity index (χ1v) is 7.17. The summed E-state index contributed by atoms with van der Waals surface area (Å²) < 4.78 is 2.32. The van der Waals surface area contributed by atoms with Crippen LogP contribution in [0.3, 0.4) is 0 Å². The Morgan fingerprint density at radius 2 is 1.95 bits per heavy atom. The lowest BCUT2D eigenvalue weighted by Crippen LogP contribution is -2.03. The van der Waals surface area contributed by atoms with Gasteiger partial charge in [0.15, 0.2) is 5.82 Å². The maximum absolute atomic E-state index is 4.43. The Kier molecular flexibility index (Phi) is 2.62. The number of rotatable bonds is 1. The summed E-state index contributed by atoms with van der Waals surface area (Å²) in [4.78, 5) is 0. The summed E-state index contributed by atoms with van der Waals surface area (Å²) in [6.07, 6.45) is 4.85. The minimum Gasteiger partial charge on any atom is -0.311 e. The predicted octanol–water partition coefficient (Wildman–Crippen LogP) is 2.27. The van der Waals surface area contributed by atoms with Crippen LogP contribution in [0.5, 0.6) is 0 Å². The normalized spacial score (nSPS) is 17.9. The number of benzene rings is 1. The molecule has 0 radical (unpaired) electrons. The molecule has 0 unspecified atom stereocenters. The van der Waals surface area contributed by atoms with Crippen LogP contribution < -0.4 is 5.32 Å². The zero-order chi connectivity index (χ0) is 12.7. The van der Waals surface area contributed by atoms with Gasteiger partial charge in [0.05, 0.1) is 0 Å². The molecule has 1 aromatic heterocycles. The highest BCUT2D eigenvalue weighted by Crippen LogP contribution is 2.26. The molecule has 98 valence electrons. The van der Waals surface area contributed by atoms with Crippen molar-refractivity contribution in [2.75, 3.05) is 0 Å². The van der Waals surface area contributed by atoms with Crippen LogP contribution in [-0.2, 0) is 26.1 Å². The molecular weight excluding hydrogens is 236 g/mol. The van der Waals surface area contributed by atoms with E-state index in [-0.39, 0.29) is 0 Å². The average Bonchev–Trinajstić information content (AvgIpc) is 2.99. The summed E-state index contributed by atoms with van der Waals surface area (Å²) in [7, 11) is 0. The topological polar surface area (TPSA) is 42.7 Å². The number of hydrogen-bond acceptors (Lipinski definition) is 3. The van der Waals surface area contributed by atoms with Gasteiger partial charge in [-0.3, -0.25) is 0 Å². The molecule has 0 saturated carbocycles. The van der Waals surface area contributed by atoms with Gasteiger partial charge in [0.25, 0.3) is 0 Å². The SMILES string of the molecule is c1cc2c(cc1-c1nnc3n1CCCCC3)CNC2. The van der Waals surface area contributed by atoms with E-state index in [1.807, 2.05) is 0 Å². The van der Waals surface area contributed by atoms with E-state index in [0.29, 0.717) is 0 Å². The second kappa shape index (κ2) is 4.46. The largest absolute Gasteiger partial charge is 0.311 e. The molecule has 0 atom stereocenters. The van der Waals surface area contributed by atoms with Gasteiger partial charge in [-0.1, -0.05) is 18.6 Å². The van der Waals surface area contributed by atoms with Gasteiger partial charge in [0.1, 0.15) is 5.82 Å². The summed E-state index contributed by atoms with van der Waals surface area (Å²) >= 11 is 0. The van der Waals surface area contributed by atoms with Gasteiger partial charge in [-0.15, -0.1) is 10.2 Å². The lowest BCUT2D eigenvalue weighted by molar-refractivity contribution is 0.636. The van der Waals surface area contributed by atoms with Crippen LogP contribution in [0, 0.1) is 0 Å². The van der Waals surface area contributed by atoms with Crippen LogP contribution >= 0.6 is 0 Å². The minimum atomic E-state index is 0.976. The number of nitrogens with one attached hydrogen (secondary N) is 1. The van der Waals surface area contributed by atoms with Crippen molar-refractivity contribution in [1.29, 1.82) is 0 Å². The van der Waals surface area contributed by atoms with Crippen molar-refractivity contribution in [1.82, 2.24) is 20.1 Å². The number of aromatic nitrogens is 3. The molecule has 3 heterocycles. The Morgan fingerprint density at radius 3 is 2.95 bits per heavy atom. The Morgan fingerprint density at radius 1 is 1.00 bits per heavy atom. The molecule has 0 bridgehead atoms. The molecule has 2 aliphatic rings. The third-order valence-electron chi connectivity index (χ3n) is 4.20. The smallest absolute Gasteiger partial charge is 0.163 e. The summed E-state index contributed by atoms with van der Waals surface area (Å²) in [6.45, 7) is 3.03. The Balaban J connectivity index is 1.78. The van der Waals surface area contributed by atoms with E-state index < -0.39 is 0 Å². The lowest BCUT2D eigenvalue weighted by Gasteiger charge is -2.08. The maximum Gasteiger partial charge on any atom is 0.163 e. The van der Waals surface area contributed by atoms with E-state index in [9.17, 15) is 0 Å². The first-order chi connectivity index (χ1) is 9.42. The van der Waals surface area contributed by atoms with E-state index >= 15 is 0 Å². The van der Waals surface area contributed by atoms with Gasteiger partial charge in [0.2, 0.25) is 0 Å². The molecule has 0 saturated heterocycles. The molecule has 4 rings (SSSR count). The predicted molar refractivity (Wildman–Crippen MR) is 73.6 cm³/mol. The standard InChI is InChI=1S/C15H18N4/c1-2-4-14-17-18-15(19(14)7-3-1)11-5-6-12-9-16-10-13(12)8-11/h5-6,8,16H,1-4,7,9-10H2. The zero-order valence-electron chi connectivity index (χ0n) is 11.0. The molecule has 2 aliphatic heterocycles. The molecule has 0 amide bonds. The van der Waals surface area contributed by atoms with Crippen molar-refractivity contribution < 1.29 is 0 Å². The third kappa shape index (κ3) is 1.87. The fourth-order valence-electron chi connectivity index (χ4n) is 3.13. The highest BCUT2D eigenvalue weighted by atomic mass is 15.3. The van der Waals surface area contributed by atoms with Crippen molar-refractivity contribution in [2.24, 2.45) is 0 Å². The van der Waals surface area contributed by atoms with E-state index in [4.69, 9.17) is 0 Å². The number of aryl methyl sites for hydroxylation is 1. The zero-order valence-corrected chi connectivity index (χ0v) is 11.0. The van der Waals surface area contributed by atoms with Crippen molar-refractivity contribution in [3.8, 4) is 11.4 Å². The van der Waals surface area contributed by atoms with Crippen molar-refractivity contribution in [2.45, 2.75) is 45.3 Å². The van der Waals surface area contributed by atoms with Gasteiger partial charge >= 0.3 is 0 Å². The molecule has 19 heavy (non-hydrogen) atoms. The molecular formula is C15H18N4. The first kappa shape index (κ1) is 11.2. The molecule has 1 N–H and O–H groups in total. The highest BCUT2D eigenvalue weighted by molar-refractivity contribution is 5.58. The van der Waals surface area contributed by atoms with Gasteiger partial charge < -0.3 is 9.88 Å².